The molecular formula is C21H19Cl2N. The van der Waals surface area contributed by atoms with Gasteiger partial charge in [-0.3, -0.25) is 0 Å². The topological polar surface area (TPSA) is 3.24 Å². The van der Waals surface area contributed by atoms with Crippen LogP contribution in [0.2, 0.25) is 10.0 Å². The fraction of sp³-hybridized carbons (Fsp3) is 0.143. The van der Waals surface area contributed by atoms with Crippen molar-refractivity contribution in [2.75, 3.05) is 4.90 Å². The zero-order valence-electron chi connectivity index (χ0n) is 19.0. The first-order valence-corrected chi connectivity index (χ1v) is 8.10. The van der Waals surface area contributed by atoms with Gasteiger partial charge in [-0.15, -0.1) is 0 Å². The zero-order chi connectivity index (χ0) is 22.3. The van der Waals surface area contributed by atoms with Crippen molar-refractivity contribution in [1.82, 2.24) is 0 Å². The largest absolute Gasteiger partial charge is 0.309 e. The molecule has 122 valence electrons. The fourth-order valence-corrected chi connectivity index (χ4v) is 2.98. The average molecular weight is 362 g/mol. The van der Waals surface area contributed by atoms with Crippen LogP contribution >= 0.6 is 23.2 Å². The van der Waals surface area contributed by atoms with Crippen LogP contribution in [0.4, 0.5) is 17.1 Å². The van der Waals surface area contributed by atoms with Gasteiger partial charge in [0.25, 0.3) is 0 Å². The molecule has 0 saturated heterocycles. The number of hydrogen-bond donors (Lipinski definition) is 0. The van der Waals surface area contributed by atoms with Crippen molar-refractivity contribution in [3.05, 3.63) is 87.4 Å². The van der Waals surface area contributed by atoms with Crippen LogP contribution < -0.4 is 4.90 Å². The number of hydrogen-bond acceptors (Lipinski definition) is 1. The molecule has 0 atom stereocenters. The third-order valence-corrected chi connectivity index (χ3v) is 4.44. The molecule has 0 amide bonds. The lowest BCUT2D eigenvalue weighted by Crippen LogP contribution is -2.11. The number of benzene rings is 3. The molecule has 3 rings (SSSR count). The van der Waals surface area contributed by atoms with Crippen LogP contribution in [0, 0.1) is 20.6 Å². The molecule has 0 heterocycles. The standard InChI is InChI=1S/C21H19Cl2N/c1-14-4-8-17(9-5-14)24(18-10-6-15(2)7-11-18)20-13-16(3)12-19(22)21(20)23/h4-13H,1-3H3/i1D3,2D3. The molecule has 0 aliphatic carbocycles. The van der Waals surface area contributed by atoms with E-state index in [1.165, 1.54) is 24.3 Å². The predicted molar refractivity (Wildman–Crippen MR) is 105 cm³/mol. The highest BCUT2D eigenvalue weighted by Gasteiger charge is 2.17. The Morgan fingerprint density at radius 1 is 0.750 bits per heavy atom. The van der Waals surface area contributed by atoms with Crippen LogP contribution in [-0.4, -0.2) is 0 Å². The first kappa shape index (κ1) is 10.8. The number of anilines is 3. The quantitative estimate of drug-likeness (QED) is 0.469. The van der Waals surface area contributed by atoms with E-state index in [9.17, 15) is 0 Å². The van der Waals surface area contributed by atoms with Crippen molar-refractivity contribution in [1.29, 1.82) is 0 Å². The summed E-state index contributed by atoms with van der Waals surface area (Å²) in [6.07, 6.45) is 0. The van der Waals surface area contributed by atoms with Crippen molar-refractivity contribution in [3.63, 3.8) is 0 Å². The summed E-state index contributed by atoms with van der Waals surface area (Å²) in [4.78, 5) is 1.81. The Morgan fingerprint density at radius 2 is 1.25 bits per heavy atom. The van der Waals surface area contributed by atoms with Gasteiger partial charge in [-0.25, -0.2) is 0 Å². The van der Waals surface area contributed by atoms with E-state index in [0.29, 0.717) is 27.1 Å². The Kier molecular flexibility index (Phi) is 3.10. The minimum Gasteiger partial charge on any atom is -0.309 e. The van der Waals surface area contributed by atoms with E-state index in [1.54, 1.807) is 30.3 Å². The van der Waals surface area contributed by atoms with Gasteiger partial charge < -0.3 is 4.90 Å². The third kappa shape index (κ3) is 3.43. The molecule has 0 radical (unpaired) electrons. The summed E-state index contributed by atoms with van der Waals surface area (Å²) in [5.74, 6) is 0. The third-order valence-electron chi connectivity index (χ3n) is 3.65. The molecule has 3 aromatic rings. The number of rotatable bonds is 3. The summed E-state index contributed by atoms with van der Waals surface area (Å²) < 4.78 is 45.5. The van der Waals surface area contributed by atoms with Crippen LogP contribution in [-0.2, 0) is 0 Å². The number of aryl methyl sites for hydroxylation is 3. The van der Waals surface area contributed by atoms with E-state index in [1.807, 2.05) is 17.9 Å². The van der Waals surface area contributed by atoms with E-state index in [-0.39, 0.29) is 11.1 Å². The van der Waals surface area contributed by atoms with E-state index in [0.717, 1.165) is 5.56 Å². The van der Waals surface area contributed by atoms with Crippen molar-refractivity contribution in [2.24, 2.45) is 0 Å². The van der Waals surface area contributed by atoms with Gasteiger partial charge in [0, 0.05) is 19.6 Å². The Bertz CT molecular complexity index is 984. The molecule has 0 fully saturated rings. The Hall–Kier alpha value is -1.96. The van der Waals surface area contributed by atoms with Gasteiger partial charge in [-0.05, 0) is 62.6 Å². The molecule has 0 saturated carbocycles. The molecule has 0 bridgehead atoms. The first-order valence-electron chi connectivity index (χ1n) is 10.3. The highest BCUT2D eigenvalue weighted by atomic mass is 35.5. The Balaban J connectivity index is 2.17. The second-order valence-electron chi connectivity index (χ2n) is 5.51. The van der Waals surface area contributed by atoms with Crippen molar-refractivity contribution < 1.29 is 8.22 Å². The highest BCUT2D eigenvalue weighted by Crippen LogP contribution is 2.42. The van der Waals surface area contributed by atoms with E-state index >= 15 is 0 Å². The van der Waals surface area contributed by atoms with Crippen LogP contribution in [0.1, 0.15) is 24.9 Å². The molecule has 0 aromatic heterocycles. The molecule has 24 heavy (non-hydrogen) atoms. The lowest BCUT2D eigenvalue weighted by Gasteiger charge is -2.27. The average Bonchev–Trinajstić information content (AvgIpc) is 2.65. The molecule has 0 spiro atoms. The molecule has 0 N–H and O–H groups in total. The summed E-state index contributed by atoms with van der Waals surface area (Å²) in [7, 11) is 0. The summed E-state index contributed by atoms with van der Waals surface area (Å²) in [6.45, 7) is -2.54. The minimum atomic E-state index is -2.21. The van der Waals surface area contributed by atoms with Crippen molar-refractivity contribution in [3.8, 4) is 0 Å². The molecule has 0 unspecified atom stereocenters. The summed E-state index contributed by atoms with van der Waals surface area (Å²) in [5.41, 5.74) is 3.25. The van der Waals surface area contributed by atoms with E-state index < -0.39 is 13.7 Å². The predicted octanol–water partition coefficient (Wildman–Crippen LogP) is 7.39. The van der Waals surface area contributed by atoms with Gasteiger partial charge in [0.2, 0.25) is 0 Å². The fourth-order valence-electron chi connectivity index (χ4n) is 2.52. The second kappa shape index (κ2) is 6.88. The zero-order valence-corrected chi connectivity index (χ0v) is 14.5. The maximum absolute atomic E-state index is 7.58. The SMILES string of the molecule is [2H]C([2H])([2H])c1ccc(N(c2ccc(C([2H])([2H])[2H])cc2)c2cc(C)cc(Cl)c2Cl)cc1. The van der Waals surface area contributed by atoms with Crippen molar-refractivity contribution >= 4 is 40.3 Å². The summed E-state index contributed by atoms with van der Waals surface area (Å²) in [6, 6.07) is 16.5. The monoisotopic (exact) mass is 361 g/mol. The van der Waals surface area contributed by atoms with Gasteiger partial charge in [0.05, 0.1) is 15.7 Å². The van der Waals surface area contributed by atoms with Crippen LogP contribution in [0.15, 0.2) is 60.7 Å². The van der Waals surface area contributed by atoms with E-state index in [4.69, 9.17) is 31.4 Å². The summed E-state index contributed by atoms with van der Waals surface area (Å²) in [5, 5.41) is 0.719. The Morgan fingerprint density at radius 3 is 1.71 bits per heavy atom. The van der Waals surface area contributed by atoms with Crippen LogP contribution in [0.3, 0.4) is 0 Å². The van der Waals surface area contributed by atoms with Gasteiger partial charge in [0.15, 0.2) is 0 Å². The van der Waals surface area contributed by atoms with Crippen molar-refractivity contribution in [2.45, 2.75) is 20.6 Å². The lowest BCUT2D eigenvalue weighted by molar-refractivity contribution is 1.26. The number of halogens is 2. The molecule has 0 aliphatic rings. The summed E-state index contributed by atoms with van der Waals surface area (Å²) >= 11 is 12.8. The van der Waals surface area contributed by atoms with Gasteiger partial charge in [-0.1, -0.05) is 58.6 Å². The molecule has 1 nitrogen and oxygen atoms in total. The van der Waals surface area contributed by atoms with Crippen LogP contribution in [0.25, 0.3) is 0 Å². The van der Waals surface area contributed by atoms with Crippen LogP contribution in [0.5, 0.6) is 0 Å². The number of nitrogens with zero attached hydrogens (tertiary/aromatic N) is 1. The highest BCUT2D eigenvalue weighted by molar-refractivity contribution is 6.44. The second-order valence-corrected chi connectivity index (χ2v) is 6.29. The minimum absolute atomic E-state index is 0.220. The first-order chi connectivity index (χ1) is 13.9. The maximum atomic E-state index is 7.58. The van der Waals surface area contributed by atoms with Gasteiger partial charge in [0.1, 0.15) is 0 Å². The lowest BCUT2D eigenvalue weighted by atomic mass is 10.1. The molecular weight excluding hydrogens is 337 g/mol. The smallest absolute Gasteiger partial charge is 0.0832 e. The maximum Gasteiger partial charge on any atom is 0.0832 e. The van der Waals surface area contributed by atoms with E-state index in [2.05, 4.69) is 0 Å². The van der Waals surface area contributed by atoms with Gasteiger partial charge in [-0.2, -0.15) is 0 Å². The molecule has 3 heteroatoms. The molecule has 3 aromatic carbocycles. The molecule has 0 aliphatic heterocycles. The Labute approximate surface area is 161 Å². The van der Waals surface area contributed by atoms with Gasteiger partial charge >= 0.3 is 0 Å². The normalized spacial score (nSPS) is 15.5.